The van der Waals surface area contributed by atoms with Gasteiger partial charge in [-0.2, -0.15) is 0 Å². The zero-order valence-electron chi connectivity index (χ0n) is 19.0. The molecule has 0 aliphatic carbocycles. The van der Waals surface area contributed by atoms with Gasteiger partial charge in [0.1, 0.15) is 12.4 Å². The van der Waals surface area contributed by atoms with Crippen LogP contribution in [0.25, 0.3) is 11.8 Å². The van der Waals surface area contributed by atoms with Crippen molar-refractivity contribution < 1.29 is 32.2 Å². The van der Waals surface area contributed by atoms with Crippen LogP contribution in [0.2, 0.25) is 0 Å². The molecule has 2 fully saturated rings. The number of fused-ring (bicyclic) bond motifs is 1. The fraction of sp³-hybridized carbons (Fsp3) is 0.280. The second kappa shape index (κ2) is 9.10. The Hall–Kier alpha value is -3.79. The summed E-state index contributed by atoms with van der Waals surface area (Å²) < 4.78 is 59.9. The molecule has 1 amide bonds. The number of imidazole rings is 1. The topological polar surface area (TPSA) is 65.8 Å². The summed E-state index contributed by atoms with van der Waals surface area (Å²) in [4.78, 5) is 19.1. The molecular weight excluding hydrogens is 463 g/mol. The number of aromatic nitrogens is 2. The first-order chi connectivity index (χ1) is 16.9. The molecule has 0 bridgehead atoms. The van der Waals surface area contributed by atoms with Crippen molar-refractivity contribution in [1.82, 2.24) is 14.5 Å². The normalized spacial score (nSPS) is 21.1. The van der Waals surface area contributed by atoms with E-state index in [1.165, 1.54) is 4.90 Å². The molecule has 2 aliphatic heterocycles. The number of ether oxygens (including phenoxy) is 3. The van der Waals surface area contributed by atoms with E-state index in [9.17, 15) is 18.0 Å². The van der Waals surface area contributed by atoms with E-state index in [0.29, 0.717) is 11.3 Å². The molecule has 2 atom stereocenters. The van der Waals surface area contributed by atoms with Crippen LogP contribution in [0, 0.1) is 24.4 Å². The van der Waals surface area contributed by atoms with Crippen molar-refractivity contribution in [2.24, 2.45) is 0 Å². The molecule has 2 aromatic carbocycles. The highest BCUT2D eigenvalue weighted by Gasteiger charge is 2.42. The summed E-state index contributed by atoms with van der Waals surface area (Å²) in [7, 11) is 1.55. The van der Waals surface area contributed by atoms with E-state index in [1.807, 2.05) is 29.8 Å². The fourth-order valence-electron chi connectivity index (χ4n) is 4.37. The molecule has 0 radical (unpaired) electrons. The van der Waals surface area contributed by atoms with Crippen molar-refractivity contribution in [1.29, 1.82) is 0 Å². The average Bonchev–Trinajstić information content (AvgIpc) is 3.29. The smallest absolute Gasteiger partial charge is 0.289 e. The zero-order valence-corrected chi connectivity index (χ0v) is 19.0. The highest BCUT2D eigenvalue weighted by Crippen LogP contribution is 2.34. The summed E-state index contributed by atoms with van der Waals surface area (Å²) in [5, 5.41) is 0. The number of benzene rings is 2. The number of nitrogens with zero attached hydrogens (tertiary/aromatic N) is 3. The van der Waals surface area contributed by atoms with E-state index in [2.05, 4.69) is 4.98 Å². The number of halogens is 3. The van der Waals surface area contributed by atoms with Crippen LogP contribution in [0.3, 0.4) is 0 Å². The number of carbonyl (C=O) groups excluding carboxylic acids is 1. The summed E-state index contributed by atoms with van der Waals surface area (Å²) in [6.45, 7) is 2.26. The Morgan fingerprint density at radius 1 is 1.11 bits per heavy atom. The summed E-state index contributed by atoms with van der Waals surface area (Å²) in [5.74, 6) is -4.01. The Bertz CT molecular complexity index is 1300. The molecule has 3 aromatic rings. The van der Waals surface area contributed by atoms with Gasteiger partial charge in [-0.1, -0.05) is 6.07 Å². The van der Waals surface area contributed by atoms with E-state index >= 15 is 0 Å². The van der Waals surface area contributed by atoms with E-state index in [1.54, 1.807) is 25.6 Å². The Kier molecular flexibility index (Phi) is 5.98. The summed E-state index contributed by atoms with van der Waals surface area (Å²) in [6.07, 6.45) is 5.13. The number of hydrogen-bond donors (Lipinski definition) is 0. The van der Waals surface area contributed by atoms with Gasteiger partial charge in [-0.25, -0.2) is 18.2 Å². The lowest BCUT2D eigenvalue weighted by atomic mass is 10.00. The van der Waals surface area contributed by atoms with Crippen molar-refractivity contribution in [3.8, 4) is 11.4 Å². The number of morpholine rings is 2. The van der Waals surface area contributed by atoms with Gasteiger partial charge in [0.15, 0.2) is 23.2 Å². The lowest BCUT2D eigenvalue weighted by Crippen LogP contribution is -2.56. The molecular formula is C25H22F3N3O4. The molecule has 0 N–H and O–H groups in total. The van der Waals surface area contributed by atoms with Gasteiger partial charge >= 0.3 is 0 Å². The molecule has 3 heterocycles. The molecule has 1 aromatic heterocycles. The molecule has 35 heavy (non-hydrogen) atoms. The Morgan fingerprint density at radius 2 is 1.89 bits per heavy atom. The molecule has 182 valence electrons. The largest absolute Gasteiger partial charge is 0.495 e. The van der Waals surface area contributed by atoms with Gasteiger partial charge in [0.2, 0.25) is 0 Å². The van der Waals surface area contributed by atoms with Crippen molar-refractivity contribution in [3.63, 3.8) is 0 Å². The number of aryl methyl sites for hydroxylation is 1. The first-order valence-electron chi connectivity index (χ1n) is 10.9. The molecule has 7 nitrogen and oxygen atoms in total. The standard InChI is InChI=1S/C25H22F3N3O4/c1-14-9-30(13-29-14)20-4-3-15(5-22(20)33-2)6-23-25(32)31-17(11-35-23)10-34-12-21(31)16-7-18(26)24(28)19(27)8-16/h3-9,13,17,21H,10-12H2,1-2H3/b23-6-/t17-,21+/m1/s1. The predicted octanol–water partition coefficient (Wildman–Crippen LogP) is 3.95. The van der Waals surface area contributed by atoms with Crippen molar-refractivity contribution in [3.05, 3.63) is 82.9 Å². The maximum atomic E-state index is 13.9. The maximum Gasteiger partial charge on any atom is 0.289 e. The van der Waals surface area contributed by atoms with Crippen LogP contribution >= 0.6 is 0 Å². The molecule has 0 spiro atoms. The Morgan fingerprint density at radius 3 is 2.57 bits per heavy atom. The number of rotatable bonds is 4. The molecule has 0 unspecified atom stereocenters. The zero-order chi connectivity index (χ0) is 24.7. The Balaban J connectivity index is 1.46. The highest BCUT2D eigenvalue weighted by atomic mass is 19.2. The van der Waals surface area contributed by atoms with E-state index in [-0.39, 0.29) is 31.1 Å². The Labute approximate surface area is 199 Å². The van der Waals surface area contributed by atoms with Crippen LogP contribution in [-0.2, 0) is 14.3 Å². The van der Waals surface area contributed by atoms with Gasteiger partial charge in [0, 0.05) is 6.20 Å². The maximum absolute atomic E-state index is 13.9. The quantitative estimate of drug-likeness (QED) is 0.414. The van der Waals surface area contributed by atoms with Gasteiger partial charge in [-0.3, -0.25) is 4.79 Å². The minimum Gasteiger partial charge on any atom is -0.495 e. The predicted molar refractivity (Wildman–Crippen MR) is 119 cm³/mol. The first-order valence-corrected chi connectivity index (χ1v) is 10.9. The monoisotopic (exact) mass is 485 g/mol. The van der Waals surface area contributed by atoms with Crippen LogP contribution in [0.15, 0.2) is 48.6 Å². The van der Waals surface area contributed by atoms with E-state index < -0.39 is 35.4 Å². The van der Waals surface area contributed by atoms with Gasteiger partial charge in [-0.05, 0) is 48.4 Å². The van der Waals surface area contributed by atoms with Gasteiger partial charge in [0.05, 0.1) is 50.1 Å². The number of hydrogen-bond acceptors (Lipinski definition) is 5. The van der Waals surface area contributed by atoms with E-state index in [4.69, 9.17) is 14.2 Å². The SMILES string of the molecule is COc1cc(/C=C2\OC[C@H]3COC[C@@H](c4cc(F)c(F)c(F)c4)N3C2=O)ccc1-n1cnc(C)c1. The van der Waals surface area contributed by atoms with Crippen LogP contribution in [-0.4, -0.2) is 53.3 Å². The first kappa shape index (κ1) is 23.0. The van der Waals surface area contributed by atoms with Crippen molar-refractivity contribution in [2.75, 3.05) is 26.9 Å². The number of carbonyl (C=O) groups is 1. The molecule has 2 saturated heterocycles. The fourth-order valence-corrected chi connectivity index (χ4v) is 4.37. The van der Waals surface area contributed by atoms with Crippen molar-refractivity contribution >= 4 is 12.0 Å². The van der Waals surface area contributed by atoms with Gasteiger partial charge in [0.25, 0.3) is 5.91 Å². The van der Waals surface area contributed by atoms with Crippen molar-refractivity contribution in [2.45, 2.75) is 19.0 Å². The van der Waals surface area contributed by atoms with Gasteiger partial charge < -0.3 is 23.7 Å². The van der Waals surface area contributed by atoms with Crippen LogP contribution in [0.1, 0.15) is 22.9 Å². The van der Waals surface area contributed by atoms with Crippen LogP contribution in [0.4, 0.5) is 13.2 Å². The summed E-state index contributed by atoms with van der Waals surface area (Å²) in [5.41, 5.74) is 2.41. The summed E-state index contributed by atoms with van der Waals surface area (Å²) in [6, 6.07) is 5.96. The van der Waals surface area contributed by atoms with E-state index in [0.717, 1.165) is 23.5 Å². The lowest BCUT2D eigenvalue weighted by molar-refractivity contribution is -0.157. The molecule has 10 heteroatoms. The minimum atomic E-state index is -1.56. The third kappa shape index (κ3) is 4.25. The van der Waals surface area contributed by atoms with Gasteiger partial charge in [-0.15, -0.1) is 0 Å². The lowest BCUT2D eigenvalue weighted by Gasteiger charge is -2.45. The second-order valence-corrected chi connectivity index (χ2v) is 8.39. The number of methoxy groups -OCH3 is 1. The minimum absolute atomic E-state index is 0.0207. The third-order valence-electron chi connectivity index (χ3n) is 6.07. The molecule has 0 saturated carbocycles. The molecule has 2 aliphatic rings. The second-order valence-electron chi connectivity index (χ2n) is 8.39. The van der Waals surface area contributed by atoms with Crippen LogP contribution in [0.5, 0.6) is 5.75 Å². The summed E-state index contributed by atoms with van der Waals surface area (Å²) >= 11 is 0. The highest BCUT2D eigenvalue weighted by molar-refractivity contribution is 5.97. The van der Waals surface area contributed by atoms with Crippen LogP contribution < -0.4 is 4.74 Å². The third-order valence-corrected chi connectivity index (χ3v) is 6.07. The number of amides is 1. The molecule has 5 rings (SSSR count). The average molecular weight is 485 g/mol.